The lowest BCUT2D eigenvalue weighted by molar-refractivity contribution is 0.654. The molecule has 3 rings (SSSR count). The number of fused-ring (bicyclic) bond motifs is 1. The number of aromatic nitrogens is 4. The van der Waals surface area contributed by atoms with Gasteiger partial charge in [-0.2, -0.15) is 0 Å². The van der Waals surface area contributed by atoms with E-state index in [1.165, 1.54) is 0 Å². The lowest BCUT2D eigenvalue weighted by atomic mass is 10.1. The van der Waals surface area contributed by atoms with E-state index in [-0.39, 0.29) is 6.04 Å². The fourth-order valence-electron chi connectivity index (χ4n) is 2.36. The molecule has 1 aromatic carbocycles. The molecule has 20 heavy (non-hydrogen) atoms. The Morgan fingerprint density at radius 1 is 1.25 bits per heavy atom. The monoisotopic (exact) mass is 270 g/mol. The van der Waals surface area contributed by atoms with Crippen molar-refractivity contribution in [2.45, 2.75) is 19.9 Å². The summed E-state index contributed by atoms with van der Waals surface area (Å²) in [5, 5.41) is 0. The van der Waals surface area contributed by atoms with Crippen LogP contribution >= 0.6 is 0 Å². The Balaban J connectivity index is 2.20. The van der Waals surface area contributed by atoms with Gasteiger partial charge in [0.25, 0.3) is 5.56 Å². The van der Waals surface area contributed by atoms with E-state index in [9.17, 15) is 9.59 Å². The van der Waals surface area contributed by atoms with Crippen molar-refractivity contribution in [2.24, 2.45) is 0 Å². The molecule has 3 aromatic rings. The largest absolute Gasteiger partial charge is 0.327 e. The molecule has 0 radical (unpaired) electrons. The third-order valence-electron chi connectivity index (χ3n) is 3.41. The van der Waals surface area contributed by atoms with Crippen LogP contribution in [0.1, 0.15) is 24.1 Å². The minimum Gasteiger partial charge on any atom is -0.317 e. The smallest absolute Gasteiger partial charge is 0.317 e. The molecular weight excluding hydrogens is 256 g/mol. The highest BCUT2D eigenvalue weighted by atomic mass is 16.2. The lowest BCUT2D eigenvalue weighted by Crippen LogP contribution is -2.24. The number of benzene rings is 1. The van der Waals surface area contributed by atoms with Crippen molar-refractivity contribution in [3.8, 4) is 0 Å². The van der Waals surface area contributed by atoms with Crippen molar-refractivity contribution >= 4 is 11.2 Å². The van der Waals surface area contributed by atoms with Gasteiger partial charge in [0.1, 0.15) is 0 Å². The number of aromatic amines is 2. The van der Waals surface area contributed by atoms with Gasteiger partial charge in [0.05, 0.1) is 12.4 Å². The number of nitrogens with zero attached hydrogens (tertiary/aromatic N) is 2. The predicted octanol–water partition coefficient (Wildman–Crippen LogP) is 1.33. The number of imidazole rings is 1. The Kier molecular flexibility index (Phi) is 2.78. The maximum Gasteiger partial charge on any atom is 0.327 e. The van der Waals surface area contributed by atoms with Crippen LogP contribution in [0, 0.1) is 6.92 Å². The van der Waals surface area contributed by atoms with Gasteiger partial charge in [-0.3, -0.25) is 14.8 Å². The van der Waals surface area contributed by atoms with Crippen LogP contribution in [0.4, 0.5) is 0 Å². The summed E-state index contributed by atoms with van der Waals surface area (Å²) < 4.78 is 1.76. The van der Waals surface area contributed by atoms with E-state index in [1.54, 1.807) is 10.9 Å². The average Bonchev–Trinajstić information content (AvgIpc) is 2.81. The van der Waals surface area contributed by atoms with Crippen molar-refractivity contribution in [3.05, 3.63) is 62.6 Å². The molecule has 1 atom stereocenters. The Bertz CT molecular complexity index is 888. The first-order valence-corrected chi connectivity index (χ1v) is 6.32. The first-order valence-electron chi connectivity index (χ1n) is 6.32. The molecule has 1 unspecified atom stereocenters. The van der Waals surface area contributed by atoms with E-state index in [2.05, 4.69) is 21.0 Å². The molecule has 2 N–H and O–H groups in total. The molecule has 0 aliphatic heterocycles. The molecule has 6 nitrogen and oxygen atoms in total. The van der Waals surface area contributed by atoms with Crippen molar-refractivity contribution in [2.75, 3.05) is 0 Å². The number of aryl methyl sites for hydroxylation is 1. The number of hydrogen-bond donors (Lipinski definition) is 2. The second-order valence-corrected chi connectivity index (χ2v) is 4.85. The molecule has 6 heteroatoms. The molecule has 0 fully saturated rings. The summed E-state index contributed by atoms with van der Waals surface area (Å²) >= 11 is 0. The van der Waals surface area contributed by atoms with Crippen molar-refractivity contribution < 1.29 is 0 Å². The van der Waals surface area contributed by atoms with Crippen LogP contribution in [-0.2, 0) is 0 Å². The third kappa shape index (κ3) is 1.95. The van der Waals surface area contributed by atoms with Crippen molar-refractivity contribution in [3.63, 3.8) is 0 Å². The summed E-state index contributed by atoms with van der Waals surface area (Å²) in [4.78, 5) is 32.0. The van der Waals surface area contributed by atoms with Gasteiger partial charge < -0.3 is 4.57 Å². The number of hydrogen-bond acceptors (Lipinski definition) is 3. The van der Waals surface area contributed by atoms with Crippen LogP contribution in [0.25, 0.3) is 11.2 Å². The fraction of sp³-hybridized carbons (Fsp3) is 0.214. The summed E-state index contributed by atoms with van der Waals surface area (Å²) in [6.07, 6.45) is 1.57. The summed E-state index contributed by atoms with van der Waals surface area (Å²) in [6.45, 7) is 4.01. The minimum atomic E-state index is -0.545. The van der Waals surface area contributed by atoms with Crippen LogP contribution in [0.2, 0.25) is 0 Å². The van der Waals surface area contributed by atoms with E-state index >= 15 is 0 Å². The van der Waals surface area contributed by atoms with E-state index in [0.717, 1.165) is 11.1 Å². The molecule has 0 saturated heterocycles. The highest BCUT2D eigenvalue weighted by Crippen LogP contribution is 2.21. The van der Waals surface area contributed by atoms with E-state index < -0.39 is 11.2 Å². The minimum absolute atomic E-state index is 0.0492. The van der Waals surface area contributed by atoms with Crippen molar-refractivity contribution in [1.82, 2.24) is 19.5 Å². The molecule has 2 heterocycles. The summed E-state index contributed by atoms with van der Waals surface area (Å²) in [5.41, 5.74) is 1.93. The second kappa shape index (κ2) is 4.48. The molecule has 2 aromatic heterocycles. The second-order valence-electron chi connectivity index (χ2n) is 4.85. The van der Waals surface area contributed by atoms with Gasteiger partial charge in [-0.05, 0) is 19.4 Å². The van der Waals surface area contributed by atoms with Crippen LogP contribution in [-0.4, -0.2) is 19.5 Å². The average molecular weight is 270 g/mol. The van der Waals surface area contributed by atoms with Gasteiger partial charge in [0.15, 0.2) is 11.2 Å². The maximum absolute atomic E-state index is 11.9. The van der Waals surface area contributed by atoms with E-state index in [1.807, 2.05) is 32.0 Å². The number of rotatable bonds is 2. The van der Waals surface area contributed by atoms with Gasteiger partial charge in [0, 0.05) is 0 Å². The van der Waals surface area contributed by atoms with Gasteiger partial charge in [-0.1, -0.05) is 29.8 Å². The first kappa shape index (κ1) is 12.4. The molecular formula is C14H14N4O2. The standard InChI is InChI=1S/C14H14N4O2/c1-8-4-3-5-10(6-8)9(2)18-7-15-12-11(18)13(19)17-14(20)16-12/h3-7,9H,1-2H3,(H2,16,17,19,20). The van der Waals surface area contributed by atoms with Gasteiger partial charge in [0.2, 0.25) is 0 Å². The maximum atomic E-state index is 11.9. The van der Waals surface area contributed by atoms with Gasteiger partial charge in [-0.15, -0.1) is 0 Å². The zero-order chi connectivity index (χ0) is 14.3. The Morgan fingerprint density at radius 2 is 2.05 bits per heavy atom. The topological polar surface area (TPSA) is 83.5 Å². The molecule has 0 aliphatic carbocycles. The van der Waals surface area contributed by atoms with Crippen LogP contribution in [0.5, 0.6) is 0 Å². The van der Waals surface area contributed by atoms with E-state index in [4.69, 9.17) is 0 Å². The summed E-state index contributed by atoms with van der Waals surface area (Å²) in [5.74, 6) is 0. The highest BCUT2D eigenvalue weighted by Gasteiger charge is 2.14. The van der Waals surface area contributed by atoms with Crippen LogP contribution in [0.3, 0.4) is 0 Å². The van der Waals surface area contributed by atoms with Crippen LogP contribution in [0.15, 0.2) is 40.2 Å². The highest BCUT2D eigenvalue weighted by molar-refractivity contribution is 5.69. The zero-order valence-electron chi connectivity index (χ0n) is 11.2. The molecule has 0 spiro atoms. The molecule has 0 amide bonds. The summed E-state index contributed by atoms with van der Waals surface area (Å²) in [6, 6.07) is 8.02. The molecule has 0 aliphatic rings. The lowest BCUT2D eigenvalue weighted by Gasteiger charge is -2.14. The zero-order valence-corrected chi connectivity index (χ0v) is 11.2. The third-order valence-corrected chi connectivity index (χ3v) is 3.41. The SMILES string of the molecule is Cc1cccc(C(C)n2cnc3[nH]c(=O)[nH]c(=O)c32)c1. The number of nitrogens with one attached hydrogen (secondary N) is 2. The Morgan fingerprint density at radius 3 is 2.80 bits per heavy atom. The molecule has 0 bridgehead atoms. The summed E-state index contributed by atoms with van der Waals surface area (Å²) in [7, 11) is 0. The van der Waals surface area contributed by atoms with Crippen molar-refractivity contribution in [1.29, 1.82) is 0 Å². The Hall–Kier alpha value is -2.63. The van der Waals surface area contributed by atoms with Gasteiger partial charge in [-0.25, -0.2) is 9.78 Å². The first-order chi connectivity index (χ1) is 9.56. The normalized spacial score (nSPS) is 12.7. The van der Waals surface area contributed by atoms with E-state index in [0.29, 0.717) is 11.2 Å². The molecule has 102 valence electrons. The Labute approximate surface area is 114 Å². The quantitative estimate of drug-likeness (QED) is 0.737. The number of H-pyrrole nitrogens is 2. The van der Waals surface area contributed by atoms with Crippen LogP contribution < -0.4 is 11.2 Å². The predicted molar refractivity (Wildman–Crippen MR) is 76.0 cm³/mol. The fourth-order valence-corrected chi connectivity index (χ4v) is 2.36. The van der Waals surface area contributed by atoms with Gasteiger partial charge >= 0.3 is 5.69 Å². The molecule has 0 saturated carbocycles.